The van der Waals surface area contributed by atoms with Crippen molar-refractivity contribution in [1.29, 1.82) is 0 Å². The van der Waals surface area contributed by atoms with Crippen LogP contribution in [-0.2, 0) is 17.1 Å². The zero-order valence-corrected chi connectivity index (χ0v) is 16.5. The zero-order valence-electron chi connectivity index (χ0n) is 15.7. The molecule has 0 saturated carbocycles. The van der Waals surface area contributed by atoms with Gasteiger partial charge in [-0.1, -0.05) is 0 Å². The maximum Gasteiger partial charge on any atom is 0.280 e. The third-order valence-electron chi connectivity index (χ3n) is 4.09. The molecule has 3 heterocycles. The molecular formula is C18H18N8O2S. The lowest BCUT2D eigenvalue weighted by Gasteiger charge is -2.10. The number of aromatic nitrogens is 6. The van der Waals surface area contributed by atoms with E-state index in [1.165, 1.54) is 18.9 Å². The predicted octanol–water partition coefficient (Wildman–Crippen LogP) is 2.25. The number of imidazole rings is 2. The molecule has 0 fully saturated rings. The maximum atomic E-state index is 12.3. The molecule has 0 aliphatic rings. The highest BCUT2D eigenvalue weighted by molar-refractivity contribution is 7.92. The van der Waals surface area contributed by atoms with Gasteiger partial charge in [-0.25, -0.2) is 19.9 Å². The minimum absolute atomic E-state index is 0.0366. The molecule has 0 spiro atoms. The summed E-state index contributed by atoms with van der Waals surface area (Å²) in [6.07, 6.45) is 7.86. The van der Waals surface area contributed by atoms with Gasteiger partial charge in [-0.05, 0) is 31.2 Å². The summed E-state index contributed by atoms with van der Waals surface area (Å²) in [5.41, 5.74) is 1.18. The molecule has 29 heavy (non-hydrogen) atoms. The Morgan fingerprint density at radius 3 is 2.41 bits per heavy atom. The number of hydrogen-bond acceptors (Lipinski definition) is 7. The van der Waals surface area contributed by atoms with E-state index >= 15 is 0 Å². The molecule has 0 aliphatic carbocycles. The number of benzene rings is 1. The van der Waals surface area contributed by atoms with Gasteiger partial charge in [-0.3, -0.25) is 9.29 Å². The summed E-state index contributed by atoms with van der Waals surface area (Å²) in [5, 5.41) is 3.14. The van der Waals surface area contributed by atoms with Crippen LogP contribution in [0, 0.1) is 6.92 Å². The first-order chi connectivity index (χ1) is 13.9. The highest BCUT2D eigenvalue weighted by Gasteiger charge is 2.17. The molecule has 0 atom stereocenters. The minimum Gasteiger partial charge on any atom is -0.340 e. The zero-order chi connectivity index (χ0) is 20.4. The first-order valence-corrected chi connectivity index (χ1v) is 10.1. The van der Waals surface area contributed by atoms with Crippen molar-refractivity contribution in [2.75, 3.05) is 10.0 Å². The van der Waals surface area contributed by atoms with Crippen molar-refractivity contribution in [1.82, 2.24) is 29.1 Å². The van der Waals surface area contributed by atoms with Crippen LogP contribution < -0.4 is 10.0 Å². The van der Waals surface area contributed by atoms with Gasteiger partial charge >= 0.3 is 0 Å². The number of rotatable bonds is 6. The largest absolute Gasteiger partial charge is 0.340 e. The van der Waals surface area contributed by atoms with E-state index < -0.39 is 10.0 Å². The fourth-order valence-corrected chi connectivity index (χ4v) is 3.71. The highest BCUT2D eigenvalue weighted by Crippen LogP contribution is 2.20. The van der Waals surface area contributed by atoms with Crippen LogP contribution in [0.2, 0.25) is 0 Å². The maximum absolute atomic E-state index is 12.3. The predicted molar refractivity (Wildman–Crippen MR) is 108 cm³/mol. The number of nitrogens with one attached hydrogen (secondary N) is 2. The van der Waals surface area contributed by atoms with Crippen molar-refractivity contribution >= 4 is 27.2 Å². The normalized spacial score (nSPS) is 11.4. The summed E-state index contributed by atoms with van der Waals surface area (Å²) in [4.78, 5) is 16.5. The first kappa shape index (κ1) is 18.6. The average Bonchev–Trinajstić information content (AvgIpc) is 3.32. The summed E-state index contributed by atoms with van der Waals surface area (Å²) in [7, 11) is -2.02. The molecule has 2 N–H and O–H groups in total. The van der Waals surface area contributed by atoms with E-state index in [-0.39, 0.29) is 5.03 Å². The monoisotopic (exact) mass is 410 g/mol. The van der Waals surface area contributed by atoms with Gasteiger partial charge in [0.15, 0.2) is 5.03 Å². The standard InChI is InChI=1S/C18H18N8O2S/c1-13-19-7-8-26(13)17-9-16(20-11-21-17)23-14-3-5-15(6-4-14)24-29(27,28)18-10-25(2)12-22-18/h3-12,24H,1-2H3,(H,20,21,23). The van der Waals surface area contributed by atoms with Crippen molar-refractivity contribution in [2.45, 2.75) is 11.9 Å². The second-order valence-electron chi connectivity index (χ2n) is 6.29. The molecular weight excluding hydrogens is 392 g/mol. The summed E-state index contributed by atoms with van der Waals surface area (Å²) >= 11 is 0. The number of anilines is 3. The summed E-state index contributed by atoms with van der Waals surface area (Å²) in [6, 6.07) is 8.61. The van der Waals surface area contributed by atoms with E-state index in [9.17, 15) is 8.42 Å². The van der Waals surface area contributed by atoms with Crippen LogP contribution in [0.15, 0.2) is 66.6 Å². The van der Waals surface area contributed by atoms with Crippen molar-refractivity contribution in [2.24, 2.45) is 7.05 Å². The van der Waals surface area contributed by atoms with E-state index in [0.29, 0.717) is 17.3 Å². The minimum atomic E-state index is -3.73. The Bertz CT molecular complexity index is 1240. The lowest BCUT2D eigenvalue weighted by molar-refractivity contribution is 0.598. The van der Waals surface area contributed by atoms with Crippen LogP contribution in [0.4, 0.5) is 17.2 Å². The topological polar surface area (TPSA) is 120 Å². The van der Waals surface area contributed by atoms with Gasteiger partial charge in [-0.2, -0.15) is 8.42 Å². The Balaban J connectivity index is 1.48. The van der Waals surface area contributed by atoms with Crippen LogP contribution in [0.3, 0.4) is 0 Å². The van der Waals surface area contributed by atoms with Gasteiger partial charge in [0.1, 0.15) is 23.8 Å². The van der Waals surface area contributed by atoms with Gasteiger partial charge in [0, 0.05) is 43.1 Å². The van der Waals surface area contributed by atoms with Crippen LogP contribution in [0.25, 0.3) is 5.82 Å². The van der Waals surface area contributed by atoms with Crippen molar-refractivity contribution in [3.63, 3.8) is 0 Å². The van der Waals surface area contributed by atoms with Gasteiger partial charge in [-0.15, -0.1) is 0 Å². The molecule has 4 rings (SSSR count). The van der Waals surface area contributed by atoms with Gasteiger partial charge in [0.05, 0.1) is 6.33 Å². The van der Waals surface area contributed by atoms with E-state index in [1.54, 1.807) is 48.1 Å². The molecule has 10 nitrogen and oxygen atoms in total. The molecule has 148 valence electrons. The van der Waals surface area contributed by atoms with E-state index in [0.717, 1.165) is 11.5 Å². The Morgan fingerprint density at radius 1 is 1.00 bits per heavy atom. The SMILES string of the molecule is Cc1nccn1-c1cc(Nc2ccc(NS(=O)(=O)c3cn(C)cn3)cc2)ncn1. The molecule has 1 aromatic carbocycles. The molecule has 11 heteroatoms. The molecule has 3 aromatic heterocycles. The van der Waals surface area contributed by atoms with Gasteiger partial charge < -0.3 is 9.88 Å². The lowest BCUT2D eigenvalue weighted by atomic mass is 10.3. The molecule has 0 amide bonds. The van der Waals surface area contributed by atoms with E-state index in [4.69, 9.17) is 0 Å². The van der Waals surface area contributed by atoms with Crippen LogP contribution >= 0.6 is 0 Å². The highest BCUT2D eigenvalue weighted by atomic mass is 32.2. The van der Waals surface area contributed by atoms with Gasteiger partial charge in [0.2, 0.25) is 0 Å². The van der Waals surface area contributed by atoms with Crippen molar-refractivity contribution < 1.29 is 8.42 Å². The fourth-order valence-electron chi connectivity index (χ4n) is 2.67. The van der Waals surface area contributed by atoms with Crippen LogP contribution in [0.1, 0.15) is 5.82 Å². The van der Waals surface area contributed by atoms with Crippen LogP contribution in [0.5, 0.6) is 0 Å². The quantitative estimate of drug-likeness (QED) is 0.500. The molecule has 0 bridgehead atoms. The molecule has 0 saturated heterocycles. The number of nitrogens with zero attached hydrogens (tertiary/aromatic N) is 6. The Labute approximate surface area is 167 Å². The summed E-state index contributed by atoms with van der Waals surface area (Å²) in [6.45, 7) is 1.89. The smallest absolute Gasteiger partial charge is 0.280 e. The average molecular weight is 410 g/mol. The molecule has 4 aromatic rings. The van der Waals surface area contributed by atoms with E-state index in [2.05, 4.69) is 30.0 Å². The first-order valence-electron chi connectivity index (χ1n) is 8.61. The second kappa shape index (κ2) is 7.36. The Kier molecular flexibility index (Phi) is 4.72. The lowest BCUT2D eigenvalue weighted by Crippen LogP contribution is -2.13. The molecule has 0 aliphatic heterocycles. The number of hydrogen-bond donors (Lipinski definition) is 2. The Morgan fingerprint density at radius 2 is 1.76 bits per heavy atom. The van der Waals surface area contributed by atoms with Crippen molar-refractivity contribution in [3.05, 3.63) is 67.4 Å². The molecule has 0 unspecified atom stereocenters. The number of sulfonamides is 1. The van der Waals surface area contributed by atoms with Crippen molar-refractivity contribution in [3.8, 4) is 5.82 Å². The Hall–Kier alpha value is -3.73. The second-order valence-corrected chi connectivity index (χ2v) is 7.92. The summed E-state index contributed by atoms with van der Waals surface area (Å²) in [5.74, 6) is 2.11. The molecule has 0 radical (unpaired) electrons. The third-order valence-corrected chi connectivity index (χ3v) is 5.36. The third kappa shape index (κ3) is 4.09. The van der Waals surface area contributed by atoms with Crippen LogP contribution in [-0.4, -0.2) is 37.5 Å². The van der Waals surface area contributed by atoms with Gasteiger partial charge in [0.25, 0.3) is 10.0 Å². The summed E-state index contributed by atoms with van der Waals surface area (Å²) < 4.78 is 30.6. The fraction of sp³-hybridized carbons (Fsp3) is 0.111. The number of aryl methyl sites for hydroxylation is 2. The van der Waals surface area contributed by atoms with E-state index in [1.807, 2.05) is 17.7 Å².